The summed E-state index contributed by atoms with van der Waals surface area (Å²) in [5.41, 5.74) is 2.85. The first kappa shape index (κ1) is 10.7. The van der Waals surface area contributed by atoms with Crippen LogP contribution in [0.5, 0.6) is 0 Å². The molecule has 0 amide bonds. The summed E-state index contributed by atoms with van der Waals surface area (Å²) in [5, 5.41) is 0. The fourth-order valence-corrected chi connectivity index (χ4v) is 3.03. The molecule has 1 heterocycles. The molecule has 0 saturated carbocycles. The number of rotatable bonds is 1. The number of Topliss-reactive ketones (excluding diaryl/α,β-unsaturated/α-hetero) is 1. The molecule has 1 aliphatic carbocycles. The second-order valence-corrected chi connectivity index (χ2v) is 5.30. The molecule has 0 bridgehead atoms. The standard InChI is InChI=1S/C15H16O2/c1-15(2)14-11(9-17-15)8-12(16)13(14)10-6-4-3-5-7-10/h3-7,11H,8-9H2,1-2H3/t11-/m1/s1. The highest BCUT2D eigenvalue weighted by molar-refractivity contribution is 6.24. The van der Waals surface area contributed by atoms with Gasteiger partial charge in [-0.25, -0.2) is 0 Å². The molecule has 1 atom stereocenters. The molecule has 0 N–H and O–H groups in total. The molecule has 2 nitrogen and oxygen atoms in total. The van der Waals surface area contributed by atoms with Crippen molar-refractivity contribution < 1.29 is 9.53 Å². The van der Waals surface area contributed by atoms with E-state index < -0.39 is 0 Å². The van der Waals surface area contributed by atoms with Gasteiger partial charge < -0.3 is 4.74 Å². The van der Waals surface area contributed by atoms with Crippen molar-refractivity contribution in [2.24, 2.45) is 5.92 Å². The van der Waals surface area contributed by atoms with Crippen molar-refractivity contribution in [1.29, 1.82) is 0 Å². The Morgan fingerprint density at radius 2 is 1.94 bits per heavy atom. The number of ether oxygens (including phenoxy) is 1. The van der Waals surface area contributed by atoms with E-state index in [-0.39, 0.29) is 11.4 Å². The van der Waals surface area contributed by atoms with Gasteiger partial charge in [0.1, 0.15) is 0 Å². The molecule has 1 aromatic rings. The molecule has 0 aromatic heterocycles. The SMILES string of the molecule is CC1(C)OC[C@H]2CC(=O)C(c3ccccc3)=C21. The third-order valence-corrected chi connectivity index (χ3v) is 3.74. The Kier molecular flexibility index (Phi) is 2.23. The Bertz CT molecular complexity index is 497. The first-order valence-electron chi connectivity index (χ1n) is 6.07. The summed E-state index contributed by atoms with van der Waals surface area (Å²) >= 11 is 0. The number of ketones is 1. The molecule has 0 radical (unpaired) electrons. The Morgan fingerprint density at radius 1 is 1.24 bits per heavy atom. The average Bonchev–Trinajstić information content (AvgIpc) is 2.78. The number of hydrogen-bond acceptors (Lipinski definition) is 2. The van der Waals surface area contributed by atoms with Gasteiger partial charge in [0.2, 0.25) is 0 Å². The van der Waals surface area contributed by atoms with Crippen LogP contribution in [0.2, 0.25) is 0 Å². The highest BCUT2D eigenvalue weighted by atomic mass is 16.5. The molecule has 17 heavy (non-hydrogen) atoms. The molecular formula is C15H16O2. The number of carbonyl (C=O) groups excluding carboxylic acids is 1. The van der Waals surface area contributed by atoms with Crippen LogP contribution >= 0.6 is 0 Å². The van der Waals surface area contributed by atoms with E-state index in [1.54, 1.807) is 0 Å². The van der Waals surface area contributed by atoms with Gasteiger partial charge in [-0.05, 0) is 25.0 Å². The molecular weight excluding hydrogens is 212 g/mol. The lowest BCUT2D eigenvalue weighted by Gasteiger charge is -2.20. The molecule has 0 spiro atoms. The monoisotopic (exact) mass is 228 g/mol. The van der Waals surface area contributed by atoms with Crippen molar-refractivity contribution >= 4 is 11.4 Å². The van der Waals surface area contributed by atoms with Gasteiger partial charge in [0.05, 0.1) is 12.2 Å². The zero-order valence-corrected chi connectivity index (χ0v) is 10.2. The maximum atomic E-state index is 12.2. The Labute approximate surface area is 101 Å². The van der Waals surface area contributed by atoms with Gasteiger partial charge >= 0.3 is 0 Å². The van der Waals surface area contributed by atoms with Crippen LogP contribution in [0.3, 0.4) is 0 Å². The van der Waals surface area contributed by atoms with Crippen LogP contribution < -0.4 is 0 Å². The van der Waals surface area contributed by atoms with E-state index in [9.17, 15) is 4.79 Å². The van der Waals surface area contributed by atoms with Crippen LogP contribution in [-0.2, 0) is 9.53 Å². The molecule has 2 heteroatoms. The van der Waals surface area contributed by atoms with Gasteiger partial charge in [-0.2, -0.15) is 0 Å². The van der Waals surface area contributed by atoms with E-state index >= 15 is 0 Å². The lowest BCUT2D eigenvalue weighted by molar-refractivity contribution is -0.114. The highest BCUT2D eigenvalue weighted by Gasteiger charge is 2.46. The number of allylic oxidation sites excluding steroid dienone is 1. The quantitative estimate of drug-likeness (QED) is 0.738. The maximum Gasteiger partial charge on any atom is 0.164 e. The third-order valence-electron chi connectivity index (χ3n) is 3.74. The number of carbonyl (C=O) groups is 1. The van der Waals surface area contributed by atoms with Crippen molar-refractivity contribution in [1.82, 2.24) is 0 Å². The lowest BCUT2D eigenvalue weighted by atomic mass is 9.89. The number of benzene rings is 1. The smallest absolute Gasteiger partial charge is 0.164 e. The lowest BCUT2D eigenvalue weighted by Crippen LogP contribution is -2.21. The average molecular weight is 228 g/mol. The Hall–Kier alpha value is -1.41. The van der Waals surface area contributed by atoms with Gasteiger partial charge in [0.25, 0.3) is 0 Å². The maximum absolute atomic E-state index is 12.2. The van der Waals surface area contributed by atoms with Crippen LogP contribution in [-0.4, -0.2) is 18.0 Å². The van der Waals surface area contributed by atoms with E-state index in [0.717, 1.165) is 11.1 Å². The largest absolute Gasteiger partial charge is 0.371 e. The molecule has 88 valence electrons. The second-order valence-electron chi connectivity index (χ2n) is 5.30. The number of hydrogen-bond donors (Lipinski definition) is 0. The van der Waals surface area contributed by atoms with E-state index in [1.165, 1.54) is 5.57 Å². The van der Waals surface area contributed by atoms with Crippen LogP contribution in [0, 0.1) is 5.92 Å². The van der Waals surface area contributed by atoms with Crippen molar-refractivity contribution in [3.05, 3.63) is 41.5 Å². The topological polar surface area (TPSA) is 26.3 Å². The van der Waals surface area contributed by atoms with Gasteiger partial charge in [0, 0.05) is 17.9 Å². The second kappa shape index (κ2) is 3.54. The zero-order chi connectivity index (χ0) is 12.0. The van der Waals surface area contributed by atoms with Crippen LogP contribution in [0.4, 0.5) is 0 Å². The van der Waals surface area contributed by atoms with Gasteiger partial charge in [-0.15, -0.1) is 0 Å². The summed E-state index contributed by atoms with van der Waals surface area (Å²) in [6, 6.07) is 9.95. The minimum absolute atomic E-state index is 0.271. The minimum Gasteiger partial charge on any atom is -0.371 e. The predicted molar refractivity (Wildman–Crippen MR) is 66.5 cm³/mol. The summed E-state index contributed by atoms with van der Waals surface area (Å²) in [6.45, 7) is 4.80. The van der Waals surface area contributed by atoms with E-state index in [0.29, 0.717) is 18.9 Å². The summed E-state index contributed by atoms with van der Waals surface area (Å²) in [7, 11) is 0. The number of fused-ring (bicyclic) bond motifs is 1. The van der Waals surface area contributed by atoms with Crippen molar-refractivity contribution in [3.8, 4) is 0 Å². The third kappa shape index (κ3) is 1.55. The molecule has 1 saturated heterocycles. The predicted octanol–water partition coefficient (Wildman–Crippen LogP) is 2.84. The van der Waals surface area contributed by atoms with Gasteiger partial charge in [0.15, 0.2) is 5.78 Å². The van der Waals surface area contributed by atoms with E-state index in [2.05, 4.69) is 13.8 Å². The van der Waals surface area contributed by atoms with Gasteiger partial charge in [-0.3, -0.25) is 4.79 Å². The first-order valence-corrected chi connectivity index (χ1v) is 6.07. The van der Waals surface area contributed by atoms with Crippen molar-refractivity contribution in [2.75, 3.05) is 6.61 Å². The van der Waals surface area contributed by atoms with Crippen LogP contribution in [0.15, 0.2) is 35.9 Å². The molecule has 1 aromatic carbocycles. The van der Waals surface area contributed by atoms with Crippen molar-refractivity contribution in [3.63, 3.8) is 0 Å². The normalized spacial score (nSPS) is 26.5. The molecule has 0 unspecified atom stereocenters. The molecule has 3 rings (SSSR count). The van der Waals surface area contributed by atoms with E-state index in [4.69, 9.17) is 4.74 Å². The summed E-state index contributed by atoms with van der Waals surface area (Å²) in [6.07, 6.45) is 0.614. The fourth-order valence-electron chi connectivity index (χ4n) is 3.03. The van der Waals surface area contributed by atoms with Gasteiger partial charge in [-0.1, -0.05) is 30.3 Å². The molecule has 1 aliphatic heterocycles. The minimum atomic E-state index is -0.290. The summed E-state index contributed by atoms with van der Waals surface area (Å²) in [5.74, 6) is 0.570. The Balaban J connectivity index is 2.19. The molecule has 2 aliphatic rings. The van der Waals surface area contributed by atoms with Crippen LogP contribution in [0.25, 0.3) is 5.57 Å². The molecule has 1 fully saturated rings. The van der Waals surface area contributed by atoms with Crippen LogP contribution in [0.1, 0.15) is 25.8 Å². The first-order chi connectivity index (χ1) is 8.09. The van der Waals surface area contributed by atoms with E-state index in [1.807, 2.05) is 30.3 Å². The fraction of sp³-hybridized carbons (Fsp3) is 0.400. The Morgan fingerprint density at radius 3 is 2.65 bits per heavy atom. The zero-order valence-electron chi connectivity index (χ0n) is 10.2. The highest BCUT2D eigenvalue weighted by Crippen LogP contribution is 2.47. The summed E-state index contributed by atoms with van der Waals surface area (Å²) in [4.78, 5) is 12.2. The summed E-state index contributed by atoms with van der Waals surface area (Å²) < 4.78 is 5.80. The van der Waals surface area contributed by atoms with Crippen molar-refractivity contribution in [2.45, 2.75) is 25.9 Å².